The Balaban J connectivity index is 1.62. The highest BCUT2D eigenvalue weighted by Gasteiger charge is 2.46. The Kier molecular flexibility index (Phi) is 8.28. The van der Waals surface area contributed by atoms with Gasteiger partial charge in [0, 0.05) is 6.61 Å². The third-order valence-corrected chi connectivity index (χ3v) is 8.25. The van der Waals surface area contributed by atoms with Crippen molar-refractivity contribution in [1.82, 2.24) is 0 Å². The Morgan fingerprint density at radius 3 is 2.69 bits per heavy atom. The summed E-state index contributed by atoms with van der Waals surface area (Å²) in [6.45, 7) is 16.5. The Morgan fingerprint density at radius 2 is 1.97 bits per heavy atom. The maximum Gasteiger partial charge on any atom is 0.0684 e. The van der Waals surface area contributed by atoms with E-state index in [2.05, 4.69) is 39.5 Å². The van der Waals surface area contributed by atoms with Crippen LogP contribution in [0.5, 0.6) is 0 Å². The molecule has 0 aliphatic heterocycles. The maximum absolute atomic E-state index is 10.2. The predicted octanol–water partition coefficient (Wildman–Crippen LogP) is 6.67. The molecule has 0 spiro atoms. The number of aliphatic hydroxyl groups excluding tert-OH is 1. The molecule has 3 aliphatic rings. The van der Waals surface area contributed by atoms with Crippen molar-refractivity contribution in [2.45, 2.75) is 104 Å². The van der Waals surface area contributed by atoms with Gasteiger partial charge in [0.15, 0.2) is 0 Å². The second-order valence-corrected chi connectivity index (χ2v) is 11.6. The minimum atomic E-state index is -0.578. The van der Waals surface area contributed by atoms with Gasteiger partial charge < -0.3 is 14.9 Å². The average molecular weight is 443 g/mol. The molecule has 0 radical (unpaired) electrons. The number of allylic oxidation sites excluding steroid dienone is 5. The first-order valence-corrected chi connectivity index (χ1v) is 12.8. The van der Waals surface area contributed by atoms with Crippen LogP contribution >= 0.6 is 0 Å². The van der Waals surface area contributed by atoms with Crippen LogP contribution < -0.4 is 0 Å². The number of ether oxygens (including phenoxy) is 1. The van der Waals surface area contributed by atoms with E-state index in [1.165, 1.54) is 41.6 Å². The molecule has 0 aromatic heterocycles. The van der Waals surface area contributed by atoms with Gasteiger partial charge in [-0.05, 0) is 113 Å². The quantitative estimate of drug-likeness (QED) is 0.326. The molecular weight excluding hydrogens is 396 g/mol. The average Bonchev–Trinajstić information content (AvgIpc) is 2.95. The monoisotopic (exact) mass is 442 g/mol. The highest BCUT2D eigenvalue weighted by molar-refractivity contribution is 5.40. The van der Waals surface area contributed by atoms with Crippen LogP contribution in [0.3, 0.4) is 0 Å². The van der Waals surface area contributed by atoms with Crippen molar-refractivity contribution in [2.75, 3.05) is 13.2 Å². The zero-order chi connectivity index (χ0) is 23.5. The number of hydrogen-bond acceptors (Lipinski definition) is 3. The molecule has 32 heavy (non-hydrogen) atoms. The fourth-order valence-corrected chi connectivity index (χ4v) is 6.19. The van der Waals surface area contributed by atoms with Gasteiger partial charge >= 0.3 is 0 Å². The van der Waals surface area contributed by atoms with Gasteiger partial charge in [0.1, 0.15) is 0 Å². The van der Waals surface area contributed by atoms with Crippen molar-refractivity contribution in [1.29, 1.82) is 0 Å². The van der Waals surface area contributed by atoms with Gasteiger partial charge in [-0.1, -0.05) is 43.7 Å². The summed E-state index contributed by atoms with van der Waals surface area (Å²) in [5.41, 5.74) is 6.65. The third kappa shape index (κ3) is 6.04. The van der Waals surface area contributed by atoms with E-state index in [1.807, 2.05) is 13.8 Å². The minimum Gasteiger partial charge on any atom is -0.393 e. The summed E-state index contributed by atoms with van der Waals surface area (Å²) in [5, 5.41) is 20.1. The van der Waals surface area contributed by atoms with Crippen molar-refractivity contribution in [3.05, 3.63) is 46.6 Å². The Bertz CT molecular complexity index is 779. The Morgan fingerprint density at radius 1 is 1.22 bits per heavy atom. The summed E-state index contributed by atoms with van der Waals surface area (Å²) in [7, 11) is 0. The molecule has 0 bridgehead atoms. The van der Waals surface area contributed by atoms with Crippen LogP contribution in [0.2, 0.25) is 0 Å². The van der Waals surface area contributed by atoms with Crippen molar-refractivity contribution in [2.24, 2.45) is 17.3 Å². The van der Waals surface area contributed by atoms with Crippen LogP contribution in [0.4, 0.5) is 0 Å². The van der Waals surface area contributed by atoms with Crippen LogP contribution in [-0.2, 0) is 4.74 Å². The third-order valence-electron chi connectivity index (χ3n) is 8.25. The van der Waals surface area contributed by atoms with E-state index >= 15 is 0 Å². The number of fused-ring (bicyclic) bond motifs is 1. The van der Waals surface area contributed by atoms with Crippen molar-refractivity contribution in [3.8, 4) is 0 Å². The smallest absolute Gasteiger partial charge is 0.0684 e. The lowest BCUT2D eigenvalue weighted by Crippen LogP contribution is -2.32. The summed E-state index contributed by atoms with van der Waals surface area (Å²) in [6.07, 6.45) is 13.6. The lowest BCUT2D eigenvalue weighted by atomic mass is 9.64. The second-order valence-electron chi connectivity index (χ2n) is 11.6. The first-order chi connectivity index (χ1) is 15.0. The van der Waals surface area contributed by atoms with Crippen LogP contribution in [0.25, 0.3) is 0 Å². The minimum absolute atomic E-state index is 0.205. The lowest BCUT2D eigenvalue weighted by molar-refractivity contribution is 0.0631. The summed E-state index contributed by atoms with van der Waals surface area (Å²) < 4.78 is 6.13. The van der Waals surface area contributed by atoms with E-state index in [-0.39, 0.29) is 11.5 Å². The summed E-state index contributed by atoms with van der Waals surface area (Å²) in [4.78, 5) is 0. The summed E-state index contributed by atoms with van der Waals surface area (Å²) in [5.74, 6) is 0.934. The molecular formula is C29H46O3. The second kappa shape index (κ2) is 10.4. The van der Waals surface area contributed by atoms with E-state index in [0.29, 0.717) is 11.8 Å². The fraction of sp³-hybridized carbons (Fsp3) is 0.724. The number of hydrogen-bond donors (Lipinski definition) is 2. The van der Waals surface area contributed by atoms with Crippen molar-refractivity contribution < 1.29 is 14.9 Å². The molecule has 3 aliphatic carbocycles. The predicted molar refractivity (Wildman–Crippen MR) is 133 cm³/mol. The number of unbranched alkanes of at least 4 members (excludes halogenated alkanes) is 1. The van der Waals surface area contributed by atoms with Crippen LogP contribution in [-0.4, -0.2) is 35.1 Å². The maximum atomic E-state index is 10.2. The molecule has 0 heterocycles. The van der Waals surface area contributed by atoms with Gasteiger partial charge in [0.2, 0.25) is 0 Å². The molecule has 0 aromatic carbocycles. The highest BCUT2D eigenvalue weighted by atomic mass is 16.5. The zero-order valence-electron chi connectivity index (χ0n) is 21.2. The molecule has 0 amide bonds. The van der Waals surface area contributed by atoms with Gasteiger partial charge in [0.05, 0.1) is 18.3 Å². The first-order valence-electron chi connectivity index (χ1n) is 12.8. The Labute approximate surface area is 196 Å². The molecule has 2 N–H and O–H groups in total. The lowest BCUT2D eigenvalue weighted by Gasteiger charge is -2.41. The molecule has 3 nitrogen and oxygen atoms in total. The first kappa shape index (κ1) is 25.5. The topological polar surface area (TPSA) is 49.7 Å². The molecule has 4 unspecified atom stereocenters. The molecule has 180 valence electrons. The van der Waals surface area contributed by atoms with Gasteiger partial charge in [-0.3, -0.25) is 0 Å². The van der Waals surface area contributed by atoms with Gasteiger partial charge in [-0.25, -0.2) is 0 Å². The van der Waals surface area contributed by atoms with E-state index in [0.717, 1.165) is 51.7 Å². The Hall–Kier alpha value is -1.16. The molecule has 3 rings (SSSR count). The highest BCUT2D eigenvalue weighted by Crippen LogP contribution is 2.57. The summed E-state index contributed by atoms with van der Waals surface area (Å²) in [6, 6.07) is 0. The van der Waals surface area contributed by atoms with Crippen LogP contribution in [0, 0.1) is 17.3 Å². The normalized spacial score (nSPS) is 34.0. The van der Waals surface area contributed by atoms with E-state index in [9.17, 15) is 10.2 Å². The van der Waals surface area contributed by atoms with E-state index in [4.69, 9.17) is 4.74 Å². The molecule has 2 saturated carbocycles. The largest absolute Gasteiger partial charge is 0.393 e. The van der Waals surface area contributed by atoms with Gasteiger partial charge in [-0.15, -0.1) is 0 Å². The van der Waals surface area contributed by atoms with Crippen molar-refractivity contribution >= 4 is 0 Å². The van der Waals surface area contributed by atoms with Gasteiger partial charge in [-0.2, -0.15) is 0 Å². The zero-order valence-corrected chi connectivity index (χ0v) is 21.2. The fourth-order valence-electron chi connectivity index (χ4n) is 6.19. The molecule has 4 atom stereocenters. The molecule has 0 saturated heterocycles. The standard InChI is InChI=1S/C29H46O3/c1-20-16-25(30)18-24(22(20)3)12-11-23-10-9-14-29(6)26(23)17-21(2)27(29)19-32-15-8-7-13-28(4,5)31/h11-12,20,25-26,30-31H,3,7-10,13-19H2,1-2,4-6H3/b23-11+,24-12-. The number of aliphatic hydroxyl groups is 2. The molecule has 3 heteroatoms. The molecule has 2 fully saturated rings. The van der Waals surface area contributed by atoms with E-state index in [1.54, 1.807) is 5.57 Å². The van der Waals surface area contributed by atoms with Crippen molar-refractivity contribution in [3.63, 3.8) is 0 Å². The number of rotatable bonds is 8. The SMILES string of the molecule is C=C1/C(=C\C=C2/CCCC3(C)C(COCCCCC(C)(C)O)=C(C)CC23)CC(O)CC1C. The molecule has 0 aromatic rings. The van der Waals surface area contributed by atoms with E-state index < -0.39 is 5.60 Å². The van der Waals surface area contributed by atoms with Crippen LogP contribution in [0.1, 0.15) is 92.4 Å². The van der Waals surface area contributed by atoms with Crippen LogP contribution in [0.15, 0.2) is 46.6 Å². The summed E-state index contributed by atoms with van der Waals surface area (Å²) >= 11 is 0. The van der Waals surface area contributed by atoms with Gasteiger partial charge in [0.25, 0.3) is 0 Å².